The molecule has 0 saturated carbocycles. The lowest BCUT2D eigenvalue weighted by molar-refractivity contribution is 0.102. The maximum absolute atomic E-state index is 12.4. The largest absolute Gasteiger partial charge is 0.306 e. The van der Waals surface area contributed by atoms with Crippen molar-refractivity contribution in [2.24, 2.45) is 0 Å². The average molecular weight is 356 g/mol. The van der Waals surface area contributed by atoms with Crippen LogP contribution in [0.1, 0.15) is 21.1 Å². The van der Waals surface area contributed by atoms with Gasteiger partial charge in [0.2, 0.25) is 5.13 Å². The zero-order valence-electron chi connectivity index (χ0n) is 12.8. The fourth-order valence-electron chi connectivity index (χ4n) is 2.30. The lowest BCUT2D eigenvalue weighted by Gasteiger charge is -2.05. The first-order chi connectivity index (χ1) is 11.6. The second-order valence-electron chi connectivity index (χ2n) is 5.19. The smallest absolute Gasteiger partial charge is 0.270 e. The van der Waals surface area contributed by atoms with Gasteiger partial charge in [-0.1, -0.05) is 28.0 Å². The topological polar surface area (TPSA) is 85.6 Å². The minimum absolute atomic E-state index is 0.246. The predicted octanol–water partition coefficient (Wildman–Crippen LogP) is 3.20. The van der Waals surface area contributed by atoms with Crippen LogP contribution < -0.4 is 5.32 Å². The molecule has 0 aliphatic heterocycles. The van der Waals surface area contributed by atoms with Crippen LogP contribution in [0.3, 0.4) is 0 Å². The van der Waals surface area contributed by atoms with Gasteiger partial charge in [-0.25, -0.2) is 4.98 Å². The fraction of sp³-hybridized carbons (Fsp3) is 0.133. The molecule has 0 aliphatic carbocycles. The van der Waals surface area contributed by atoms with Crippen LogP contribution in [0.25, 0.3) is 15.3 Å². The number of para-hydroxylation sites is 1. The molecule has 24 heavy (non-hydrogen) atoms. The summed E-state index contributed by atoms with van der Waals surface area (Å²) in [7, 11) is 0. The third-order valence-corrected chi connectivity index (χ3v) is 5.23. The van der Waals surface area contributed by atoms with Crippen LogP contribution >= 0.6 is 22.9 Å². The van der Waals surface area contributed by atoms with Gasteiger partial charge in [-0.3, -0.25) is 4.79 Å². The Balaban J connectivity index is 1.72. The fourth-order valence-corrected chi connectivity index (χ4v) is 3.78. The number of aromatic nitrogens is 5. The number of amides is 1. The van der Waals surface area contributed by atoms with Crippen molar-refractivity contribution >= 4 is 44.8 Å². The molecule has 3 heterocycles. The van der Waals surface area contributed by atoms with E-state index in [-0.39, 0.29) is 5.91 Å². The van der Waals surface area contributed by atoms with E-state index in [0.717, 1.165) is 27.4 Å². The first-order valence-corrected chi connectivity index (χ1v) is 8.74. The average Bonchev–Trinajstić information content (AvgIpc) is 3.24. The first kappa shape index (κ1) is 14.9. The zero-order chi connectivity index (χ0) is 16.7. The molecule has 4 aromatic rings. The number of nitrogens with zero attached hydrogens (tertiary/aromatic N) is 5. The highest BCUT2D eigenvalue weighted by molar-refractivity contribution is 7.20. The summed E-state index contributed by atoms with van der Waals surface area (Å²) in [4.78, 5) is 17.5. The van der Waals surface area contributed by atoms with Crippen LogP contribution in [-0.2, 0) is 0 Å². The Morgan fingerprint density at radius 1 is 1.25 bits per heavy atom. The molecule has 1 aromatic carbocycles. The van der Waals surface area contributed by atoms with Gasteiger partial charge in [0, 0.05) is 6.07 Å². The Kier molecular flexibility index (Phi) is 3.58. The van der Waals surface area contributed by atoms with Gasteiger partial charge in [0.05, 0.1) is 21.6 Å². The molecule has 0 aliphatic rings. The Bertz CT molecular complexity index is 1010. The molecule has 0 fully saturated rings. The second kappa shape index (κ2) is 5.77. The lowest BCUT2D eigenvalue weighted by atomic mass is 10.3. The summed E-state index contributed by atoms with van der Waals surface area (Å²) in [5.41, 5.74) is 2.31. The lowest BCUT2D eigenvalue weighted by Crippen LogP contribution is -2.14. The molecule has 7 nitrogen and oxygen atoms in total. The molecule has 120 valence electrons. The summed E-state index contributed by atoms with van der Waals surface area (Å²) < 4.78 is 6.52. The van der Waals surface area contributed by atoms with Gasteiger partial charge in [-0.15, -0.1) is 5.10 Å². The number of rotatable bonds is 3. The number of benzene rings is 1. The first-order valence-electron chi connectivity index (χ1n) is 7.15. The van der Waals surface area contributed by atoms with Gasteiger partial charge in [0.15, 0.2) is 0 Å². The number of hydrogen-bond acceptors (Lipinski definition) is 7. The number of fused-ring (bicyclic) bond motifs is 1. The summed E-state index contributed by atoms with van der Waals surface area (Å²) >= 11 is 2.59. The summed E-state index contributed by atoms with van der Waals surface area (Å²) in [6.07, 6.45) is 0. The molecule has 0 saturated heterocycles. The van der Waals surface area contributed by atoms with Crippen molar-refractivity contribution in [1.29, 1.82) is 0 Å². The van der Waals surface area contributed by atoms with E-state index in [1.165, 1.54) is 11.3 Å². The van der Waals surface area contributed by atoms with Crippen LogP contribution in [0.2, 0.25) is 0 Å². The SMILES string of the molecule is Cc1cc(NC(=O)c2snnc2C)n(-c2nc3ccccc3s2)n1. The number of carbonyl (C=O) groups excluding carboxylic acids is 1. The third-order valence-electron chi connectivity index (χ3n) is 3.39. The van der Waals surface area contributed by atoms with Crippen molar-refractivity contribution in [3.05, 3.63) is 46.6 Å². The Hall–Kier alpha value is -2.65. The van der Waals surface area contributed by atoms with E-state index in [2.05, 4.69) is 25.0 Å². The number of nitrogens with one attached hydrogen (secondary N) is 1. The third kappa shape index (κ3) is 2.57. The van der Waals surface area contributed by atoms with E-state index in [1.807, 2.05) is 37.3 Å². The molecule has 1 N–H and O–H groups in total. The van der Waals surface area contributed by atoms with Gasteiger partial charge in [0.25, 0.3) is 5.91 Å². The number of anilines is 1. The van der Waals surface area contributed by atoms with Gasteiger partial charge in [0.1, 0.15) is 10.7 Å². The van der Waals surface area contributed by atoms with Gasteiger partial charge in [-0.2, -0.15) is 9.78 Å². The minimum atomic E-state index is -0.246. The summed E-state index contributed by atoms with van der Waals surface area (Å²) in [5, 5.41) is 11.9. The van der Waals surface area contributed by atoms with Crippen molar-refractivity contribution in [2.75, 3.05) is 5.32 Å². The van der Waals surface area contributed by atoms with Gasteiger partial charge in [-0.05, 0) is 37.5 Å². The van der Waals surface area contributed by atoms with Crippen molar-refractivity contribution < 1.29 is 4.79 Å². The maximum Gasteiger partial charge on any atom is 0.270 e. The predicted molar refractivity (Wildman–Crippen MR) is 94.1 cm³/mol. The molecule has 3 aromatic heterocycles. The van der Waals surface area contributed by atoms with E-state index in [9.17, 15) is 4.79 Å². The van der Waals surface area contributed by atoms with Gasteiger partial charge >= 0.3 is 0 Å². The van der Waals surface area contributed by atoms with Crippen LogP contribution in [-0.4, -0.2) is 30.3 Å². The minimum Gasteiger partial charge on any atom is -0.306 e. The van der Waals surface area contributed by atoms with Crippen molar-refractivity contribution in [3.8, 4) is 5.13 Å². The summed E-state index contributed by atoms with van der Waals surface area (Å²) in [5.74, 6) is 0.328. The van der Waals surface area contributed by atoms with Crippen LogP contribution in [0.15, 0.2) is 30.3 Å². The van der Waals surface area contributed by atoms with E-state index in [4.69, 9.17) is 0 Å². The monoisotopic (exact) mass is 356 g/mol. The van der Waals surface area contributed by atoms with Gasteiger partial charge < -0.3 is 5.32 Å². The number of carbonyl (C=O) groups is 1. The summed E-state index contributed by atoms with van der Waals surface area (Å²) in [6, 6.07) is 9.70. The Labute approximate surface area is 145 Å². The normalized spacial score (nSPS) is 11.1. The van der Waals surface area contributed by atoms with Crippen LogP contribution in [0.5, 0.6) is 0 Å². The standard InChI is InChI=1S/C15H12N6OS2/c1-8-7-12(17-14(22)13-9(2)18-20-24-13)21(19-8)15-16-10-5-3-4-6-11(10)23-15/h3-7H,1-2H3,(H,17,22). The quantitative estimate of drug-likeness (QED) is 0.609. The van der Waals surface area contributed by atoms with Crippen molar-refractivity contribution in [3.63, 3.8) is 0 Å². The number of aryl methyl sites for hydroxylation is 2. The van der Waals surface area contributed by atoms with E-state index >= 15 is 0 Å². The van der Waals surface area contributed by atoms with E-state index < -0.39 is 0 Å². The molecule has 1 amide bonds. The molecule has 0 radical (unpaired) electrons. The van der Waals surface area contributed by atoms with Crippen LogP contribution in [0.4, 0.5) is 5.82 Å². The molecule has 0 unspecified atom stereocenters. The van der Waals surface area contributed by atoms with Crippen molar-refractivity contribution in [2.45, 2.75) is 13.8 Å². The highest BCUT2D eigenvalue weighted by Crippen LogP contribution is 2.27. The highest BCUT2D eigenvalue weighted by atomic mass is 32.1. The molecule has 9 heteroatoms. The molecule has 0 spiro atoms. The molecule has 4 rings (SSSR count). The second-order valence-corrected chi connectivity index (χ2v) is 6.95. The van der Waals surface area contributed by atoms with Crippen molar-refractivity contribution in [1.82, 2.24) is 24.4 Å². The number of thiazole rings is 1. The van der Waals surface area contributed by atoms with E-state index in [1.54, 1.807) is 11.6 Å². The Morgan fingerprint density at radius 2 is 2.08 bits per heavy atom. The van der Waals surface area contributed by atoms with E-state index in [0.29, 0.717) is 21.5 Å². The number of hydrogen-bond donors (Lipinski definition) is 1. The van der Waals surface area contributed by atoms with Crippen LogP contribution in [0, 0.1) is 13.8 Å². The molecular formula is C15H12N6OS2. The molecule has 0 bridgehead atoms. The Morgan fingerprint density at radius 3 is 2.83 bits per heavy atom. The maximum atomic E-state index is 12.4. The zero-order valence-corrected chi connectivity index (χ0v) is 14.5. The highest BCUT2D eigenvalue weighted by Gasteiger charge is 2.18. The molecular weight excluding hydrogens is 344 g/mol. The molecule has 0 atom stereocenters. The summed E-state index contributed by atoms with van der Waals surface area (Å²) in [6.45, 7) is 3.63.